The van der Waals surface area contributed by atoms with Gasteiger partial charge in [-0.3, -0.25) is 4.90 Å². The van der Waals surface area contributed by atoms with Gasteiger partial charge in [-0.25, -0.2) is 0 Å². The molecule has 0 aromatic heterocycles. The fourth-order valence-electron chi connectivity index (χ4n) is 2.23. The second-order valence-electron chi connectivity index (χ2n) is 4.24. The Labute approximate surface area is 90.5 Å². The largest absolute Gasteiger partial charge is 0.508 e. The molecule has 1 aliphatic heterocycles. The number of phenolic OH excluding ortho intramolecular Hbond substituents is 1. The van der Waals surface area contributed by atoms with Crippen molar-refractivity contribution < 1.29 is 5.11 Å². The lowest BCUT2D eigenvalue weighted by Gasteiger charge is -2.24. The summed E-state index contributed by atoms with van der Waals surface area (Å²) in [5.74, 6) is 0.351. The van der Waals surface area contributed by atoms with Gasteiger partial charge in [0.2, 0.25) is 0 Å². The van der Waals surface area contributed by atoms with Crippen molar-refractivity contribution in [2.75, 3.05) is 18.8 Å². The Morgan fingerprint density at radius 2 is 2.00 bits per heavy atom. The molecule has 82 valence electrons. The molecule has 1 fully saturated rings. The van der Waals surface area contributed by atoms with Gasteiger partial charge in [0.1, 0.15) is 5.75 Å². The molecule has 1 heterocycles. The Balaban J connectivity index is 2.23. The molecule has 0 saturated carbocycles. The molecule has 1 aromatic rings. The molecular weight excluding hydrogens is 188 g/mol. The maximum absolute atomic E-state index is 9.78. The minimum Gasteiger partial charge on any atom is -0.508 e. The molecule has 0 amide bonds. The van der Waals surface area contributed by atoms with E-state index in [0.29, 0.717) is 11.4 Å². The molecule has 3 nitrogen and oxygen atoms in total. The summed E-state index contributed by atoms with van der Waals surface area (Å²) in [5, 5.41) is 9.78. The van der Waals surface area contributed by atoms with E-state index in [1.807, 2.05) is 6.07 Å². The molecule has 0 radical (unpaired) electrons. The third-order valence-corrected chi connectivity index (χ3v) is 3.19. The van der Waals surface area contributed by atoms with Crippen molar-refractivity contribution in [3.8, 4) is 5.75 Å². The second kappa shape index (κ2) is 4.11. The van der Waals surface area contributed by atoms with Crippen molar-refractivity contribution in [3.63, 3.8) is 0 Å². The molecule has 1 aliphatic rings. The third kappa shape index (κ3) is 2.07. The first-order valence-electron chi connectivity index (χ1n) is 5.51. The van der Waals surface area contributed by atoms with Gasteiger partial charge in [-0.2, -0.15) is 0 Å². The van der Waals surface area contributed by atoms with Gasteiger partial charge in [-0.15, -0.1) is 0 Å². The van der Waals surface area contributed by atoms with Crippen molar-refractivity contribution >= 4 is 5.69 Å². The fraction of sp³-hybridized carbons (Fsp3) is 0.500. The van der Waals surface area contributed by atoms with Crippen LogP contribution in [-0.2, 0) is 0 Å². The first kappa shape index (κ1) is 10.3. The minimum atomic E-state index is 0.260. The van der Waals surface area contributed by atoms with Crippen molar-refractivity contribution in [1.82, 2.24) is 4.90 Å². The topological polar surface area (TPSA) is 49.5 Å². The molecule has 15 heavy (non-hydrogen) atoms. The summed E-state index contributed by atoms with van der Waals surface area (Å²) >= 11 is 0. The number of anilines is 1. The summed E-state index contributed by atoms with van der Waals surface area (Å²) in [5.41, 5.74) is 7.39. The van der Waals surface area contributed by atoms with E-state index in [1.165, 1.54) is 12.8 Å². The number of hydrogen-bond acceptors (Lipinski definition) is 3. The Bertz CT molecular complexity index is 345. The van der Waals surface area contributed by atoms with Crippen LogP contribution in [0.15, 0.2) is 18.2 Å². The predicted molar refractivity (Wildman–Crippen MR) is 61.7 cm³/mol. The molecule has 3 heteroatoms. The van der Waals surface area contributed by atoms with E-state index in [2.05, 4.69) is 11.8 Å². The maximum atomic E-state index is 9.78. The summed E-state index contributed by atoms with van der Waals surface area (Å²) < 4.78 is 0. The van der Waals surface area contributed by atoms with E-state index in [4.69, 9.17) is 5.73 Å². The van der Waals surface area contributed by atoms with Crippen LogP contribution in [0.25, 0.3) is 0 Å². The van der Waals surface area contributed by atoms with Crippen molar-refractivity contribution in [2.45, 2.75) is 25.8 Å². The Morgan fingerprint density at radius 1 is 1.33 bits per heavy atom. The van der Waals surface area contributed by atoms with Gasteiger partial charge in [0, 0.05) is 17.3 Å². The molecular formula is C12H18N2O. The van der Waals surface area contributed by atoms with Gasteiger partial charge in [0.05, 0.1) is 0 Å². The van der Waals surface area contributed by atoms with Gasteiger partial charge in [-0.05, 0) is 51.1 Å². The number of phenols is 1. The maximum Gasteiger partial charge on any atom is 0.120 e. The summed E-state index contributed by atoms with van der Waals surface area (Å²) in [7, 11) is 0. The number of rotatable bonds is 2. The van der Waals surface area contributed by atoms with Crippen LogP contribution in [-0.4, -0.2) is 23.1 Å². The second-order valence-corrected chi connectivity index (χ2v) is 4.24. The molecule has 1 atom stereocenters. The van der Waals surface area contributed by atoms with Gasteiger partial charge in [0.25, 0.3) is 0 Å². The SMILES string of the molecule is CC(c1cc(N)ccc1O)N1CCCC1. The van der Waals surface area contributed by atoms with Crippen LogP contribution in [0.5, 0.6) is 5.75 Å². The number of benzene rings is 1. The van der Waals surface area contributed by atoms with Gasteiger partial charge in [0.15, 0.2) is 0 Å². The summed E-state index contributed by atoms with van der Waals surface area (Å²) in [4.78, 5) is 2.38. The molecule has 2 rings (SSSR count). The van der Waals surface area contributed by atoms with Crippen molar-refractivity contribution in [3.05, 3.63) is 23.8 Å². The highest BCUT2D eigenvalue weighted by molar-refractivity contribution is 5.48. The average molecular weight is 206 g/mol. The predicted octanol–water partition coefficient (Wildman–Crippen LogP) is 2.13. The fourth-order valence-corrected chi connectivity index (χ4v) is 2.23. The van der Waals surface area contributed by atoms with E-state index < -0.39 is 0 Å². The molecule has 0 bridgehead atoms. The van der Waals surface area contributed by atoms with E-state index in [1.54, 1.807) is 12.1 Å². The Kier molecular flexibility index (Phi) is 2.82. The summed E-state index contributed by atoms with van der Waals surface area (Å²) in [6, 6.07) is 5.54. The quantitative estimate of drug-likeness (QED) is 0.575. The van der Waals surface area contributed by atoms with E-state index in [9.17, 15) is 5.11 Å². The monoisotopic (exact) mass is 206 g/mol. The number of nitrogens with zero attached hydrogens (tertiary/aromatic N) is 1. The average Bonchev–Trinajstić information content (AvgIpc) is 2.74. The van der Waals surface area contributed by atoms with Crippen LogP contribution in [0, 0.1) is 0 Å². The first-order valence-corrected chi connectivity index (χ1v) is 5.51. The lowest BCUT2D eigenvalue weighted by atomic mass is 10.1. The van der Waals surface area contributed by atoms with E-state index in [0.717, 1.165) is 18.7 Å². The van der Waals surface area contributed by atoms with Gasteiger partial charge >= 0.3 is 0 Å². The van der Waals surface area contributed by atoms with Gasteiger partial charge < -0.3 is 10.8 Å². The normalized spacial score (nSPS) is 19.3. The van der Waals surface area contributed by atoms with Gasteiger partial charge in [-0.1, -0.05) is 0 Å². The number of nitrogen functional groups attached to an aromatic ring is 1. The van der Waals surface area contributed by atoms with Crippen LogP contribution >= 0.6 is 0 Å². The smallest absolute Gasteiger partial charge is 0.120 e. The molecule has 1 unspecified atom stereocenters. The zero-order chi connectivity index (χ0) is 10.8. The van der Waals surface area contributed by atoms with Crippen LogP contribution in [0.4, 0.5) is 5.69 Å². The first-order chi connectivity index (χ1) is 7.18. The minimum absolute atomic E-state index is 0.260. The molecule has 0 spiro atoms. The van der Waals surface area contributed by atoms with E-state index in [-0.39, 0.29) is 6.04 Å². The zero-order valence-corrected chi connectivity index (χ0v) is 9.11. The van der Waals surface area contributed by atoms with Crippen molar-refractivity contribution in [2.24, 2.45) is 0 Å². The highest BCUT2D eigenvalue weighted by atomic mass is 16.3. The zero-order valence-electron chi connectivity index (χ0n) is 9.11. The van der Waals surface area contributed by atoms with Crippen LogP contribution < -0.4 is 5.73 Å². The third-order valence-electron chi connectivity index (χ3n) is 3.19. The number of aromatic hydroxyl groups is 1. The Morgan fingerprint density at radius 3 is 2.67 bits per heavy atom. The molecule has 1 aromatic carbocycles. The molecule has 1 saturated heterocycles. The highest BCUT2D eigenvalue weighted by Crippen LogP contribution is 2.31. The van der Waals surface area contributed by atoms with Crippen molar-refractivity contribution in [1.29, 1.82) is 0 Å². The van der Waals surface area contributed by atoms with Crippen LogP contribution in [0.3, 0.4) is 0 Å². The van der Waals surface area contributed by atoms with Crippen LogP contribution in [0.1, 0.15) is 31.4 Å². The summed E-state index contributed by atoms with van der Waals surface area (Å²) in [6.07, 6.45) is 2.51. The Hall–Kier alpha value is -1.22. The lowest BCUT2D eigenvalue weighted by Crippen LogP contribution is -2.23. The highest BCUT2D eigenvalue weighted by Gasteiger charge is 2.21. The molecule has 0 aliphatic carbocycles. The number of nitrogens with two attached hydrogens (primary N) is 1. The lowest BCUT2D eigenvalue weighted by molar-refractivity contribution is 0.258. The number of hydrogen-bond donors (Lipinski definition) is 2. The van der Waals surface area contributed by atoms with E-state index >= 15 is 0 Å². The standard InChI is InChI=1S/C12H18N2O/c1-9(14-6-2-3-7-14)11-8-10(13)4-5-12(11)15/h4-5,8-9,15H,2-3,6-7,13H2,1H3. The molecule has 3 N–H and O–H groups in total. The number of likely N-dealkylation sites (tertiary alicyclic amines) is 1. The summed E-state index contributed by atoms with van der Waals surface area (Å²) in [6.45, 7) is 4.37. The van der Waals surface area contributed by atoms with Crippen LogP contribution in [0.2, 0.25) is 0 Å².